The Morgan fingerprint density at radius 3 is 1.36 bits per heavy atom. The number of carbonyl (C=O) groups is 2. The topological polar surface area (TPSA) is 110 Å². The number of amides is 2. The number of carbonyl (C=O) groups excluding carboxylic acids is 2. The summed E-state index contributed by atoms with van der Waals surface area (Å²) in [7, 11) is 0. The highest BCUT2D eigenvalue weighted by Gasteiger charge is 2.03. The molecular formula is C14H24Cl2N4O2. The first-order valence-electron chi connectivity index (χ1n) is 6.75. The van der Waals surface area contributed by atoms with Crippen molar-refractivity contribution >= 4 is 48.0 Å². The molecule has 1 aromatic carbocycles. The summed E-state index contributed by atoms with van der Waals surface area (Å²) >= 11 is 0. The zero-order chi connectivity index (χ0) is 14.8. The predicted molar refractivity (Wildman–Crippen MR) is 94.8 cm³/mol. The van der Waals surface area contributed by atoms with E-state index in [9.17, 15) is 9.59 Å². The SMILES string of the molecule is Cl.Cl.NCCCC(=O)Nc1ccc(NC(=O)CCCN)cc1. The second-order valence-electron chi connectivity index (χ2n) is 4.46. The van der Waals surface area contributed by atoms with Crippen molar-refractivity contribution in [2.45, 2.75) is 25.7 Å². The minimum atomic E-state index is -0.0600. The molecule has 0 aliphatic rings. The van der Waals surface area contributed by atoms with Crippen LogP contribution < -0.4 is 22.1 Å². The van der Waals surface area contributed by atoms with Gasteiger partial charge in [-0.3, -0.25) is 9.59 Å². The number of hydrogen-bond donors (Lipinski definition) is 4. The van der Waals surface area contributed by atoms with E-state index in [4.69, 9.17) is 11.5 Å². The van der Waals surface area contributed by atoms with E-state index in [-0.39, 0.29) is 36.6 Å². The average Bonchev–Trinajstić information content (AvgIpc) is 2.45. The van der Waals surface area contributed by atoms with E-state index in [0.29, 0.717) is 50.1 Å². The van der Waals surface area contributed by atoms with E-state index in [2.05, 4.69) is 10.6 Å². The highest BCUT2D eigenvalue weighted by atomic mass is 35.5. The van der Waals surface area contributed by atoms with Crippen molar-refractivity contribution in [1.82, 2.24) is 0 Å². The van der Waals surface area contributed by atoms with E-state index in [1.54, 1.807) is 24.3 Å². The summed E-state index contributed by atoms with van der Waals surface area (Å²) in [6.07, 6.45) is 2.16. The first-order valence-corrected chi connectivity index (χ1v) is 6.75. The van der Waals surface area contributed by atoms with Crippen LogP contribution in [0.2, 0.25) is 0 Å². The number of nitrogens with one attached hydrogen (secondary N) is 2. The van der Waals surface area contributed by atoms with Gasteiger partial charge in [0.15, 0.2) is 0 Å². The van der Waals surface area contributed by atoms with E-state index in [1.165, 1.54) is 0 Å². The minimum absolute atomic E-state index is 0. The third kappa shape index (κ3) is 9.57. The molecule has 0 aromatic heterocycles. The van der Waals surface area contributed by atoms with Gasteiger partial charge >= 0.3 is 0 Å². The number of benzene rings is 1. The van der Waals surface area contributed by atoms with Crippen molar-refractivity contribution in [3.05, 3.63) is 24.3 Å². The normalized spacial score (nSPS) is 9.18. The maximum atomic E-state index is 11.5. The average molecular weight is 351 g/mol. The third-order valence-corrected chi connectivity index (χ3v) is 2.67. The molecule has 2 amide bonds. The second kappa shape index (κ2) is 13.3. The molecular weight excluding hydrogens is 327 g/mol. The summed E-state index contributed by atoms with van der Waals surface area (Å²) in [5, 5.41) is 5.54. The molecule has 22 heavy (non-hydrogen) atoms. The largest absolute Gasteiger partial charge is 0.330 e. The molecule has 0 saturated carbocycles. The Labute approximate surface area is 143 Å². The van der Waals surface area contributed by atoms with Crippen LogP contribution in [-0.2, 0) is 9.59 Å². The Balaban J connectivity index is 0. The smallest absolute Gasteiger partial charge is 0.224 e. The van der Waals surface area contributed by atoms with Crippen molar-refractivity contribution in [3.63, 3.8) is 0 Å². The number of rotatable bonds is 8. The number of halogens is 2. The van der Waals surface area contributed by atoms with Gasteiger partial charge in [-0.1, -0.05) is 0 Å². The molecule has 1 rings (SSSR count). The van der Waals surface area contributed by atoms with Crippen molar-refractivity contribution < 1.29 is 9.59 Å². The van der Waals surface area contributed by atoms with Crippen LogP contribution in [0.1, 0.15) is 25.7 Å². The summed E-state index contributed by atoms with van der Waals surface area (Å²) in [5.74, 6) is -0.120. The fraction of sp³-hybridized carbons (Fsp3) is 0.429. The first kappa shape index (κ1) is 22.9. The molecule has 6 nitrogen and oxygen atoms in total. The Kier molecular flexibility index (Phi) is 13.9. The second-order valence-corrected chi connectivity index (χ2v) is 4.46. The van der Waals surface area contributed by atoms with E-state index in [1.807, 2.05) is 0 Å². The predicted octanol–water partition coefficient (Wildman–Crippen LogP) is 1.89. The molecule has 0 spiro atoms. The molecule has 0 saturated heterocycles. The lowest BCUT2D eigenvalue weighted by Gasteiger charge is -2.07. The van der Waals surface area contributed by atoms with Gasteiger partial charge in [0.1, 0.15) is 0 Å². The molecule has 6 N–H and O–H groups in total. The van der Waals surface area contributed by atoms with Crippen molar-refractivity contribution in [2.75, 3.05) is 23.7 Å². The van der Waals surface area contributed by atoms with Crippen molar-refractivity contribution in [2.24, 2.45) is 11.5 Å². The van der Waals surface area contributed by atoms with Crippen LogP contribution in [0, 0.1) is 0 Å². The Morgan fingerprint density at radius 2 is 1.09 bits per heavy atom. The maximum Gasteiger partial charge on any atom is 0.224 e. The summed E-state index contributed by atoms with van der Waals surface area (Å²) in [5.41, 5.74) is 12.1. The van der Waals surface area contributed by atoms with Gasteiger partial charge in [0.25, 0.3) is 0 Å². The van der Waals surface area contributed by atoms with Gasteiger partial charge in [0, 0.05) is 24.2 Å². The van der Waals surface area contributed by atoms with Crippen LogP contribution in [-0.4, -0.2) is 24.9 Å². The molecule has 1 aromatic rings. The zero-order valence-electron chi connectivity index (χ0n) is 12.3. The van der Waals surface area contributed by atoms with Crippen LogP contribution in [0.15, 0.2) is 24.3 Å². The molecule has 0 fully saturated rings. The fourth-order valence-corrected chi connectivity index (χ4v) is 1.61. The van der Waals surface area contributed by atoms with Crippen molar-refractivity contribution in [1.29, 1.82) is 0 Å². The fourth-order valence-electron chi connectivity index (χ4n) is 1.61. The van der Waals surface area contributed by atoms with Gasteiger partial charge in [-0.25, -0.2) is 0 Å². The number of anilines is 2. The van der Waals surface area contributed by atoms with Crippen molar-refractivity contribution in [3.8, 4) is 0 Å². The van der Waals surface area contributed by atoms with Gasteiger partial charge in [0.05, 0.1) is 0 Å². The maximum absolute atomic E-state index is 11.5. The number of hydrogen-bond acceptors (Lipinski definition) is 4. The Morgan fingerprint density at radius 1 is 0.773 bits per heavy atom. The number of nitrogens with two attached hydrogens (primary N) is 2. The van der Waals surface area contributed by atoms with Gasteiger partial charge in [0.2, 0.25) is 11.8 Å². The highest BCUT2D eigenvalue weighted by molar-refractivity contribution is 5.92. The van der Waals surface area contributed by atoms with Crippen LogP contribution >= 0.6 is 24.8 Å². The Bertz CT molecular complexity index is 400. The van der Waals surface area contributed by atoms with Gasteiger partial charge in [-0.15, -0.1) is 24.8 Å². The van der Waals surface area contributed by atoms with Crippen LogP contribution in [0.3, 0.4) is 0 Å². The lowest BCUT2D eigenvalue weighted by atomic mass is 10.2. The lowest BCUT2D eigenvalue weighted by Crippen LogP contribution is -2.14. The molecule has 0 radical (unpaired) electrons. The van der Waals surface area contributed by atoms with E-state index in [0.717, 1.165) is 0 Å². The molecule has 0 unspecified atom stereocenters. The lowest BCUT2D eigenvalue weighted by molar-refractivity contribution is -0.117. The Hall–Kier alpha value is -1.34. The third-order valence-electron chi connectivity index (χ3n) is 2.67. The monoisotopic (exact) mass is 350 g/mol. The van der Waals surface area contributed by atoms with E-state index < -0.39 is 0 Å². The molecule has 0 bridgehead atoms. The molecule has 0 atom stereocenters. The van der Waals surface area contributed by atoms with Crippen LogP contribution in [0.5, 0.6) is 0 Å². The quantitative estimate of drug-likeness (QED) is 0.573. The van der Waals surface area contributed by atoms with E-state index >= 15 is 0 Å². The summed E-state index contributed by atoms with van der Waals surface area (Å²) in [6.45, 7) is 1.00. The summed E-state index contributed by atoms with van der Waals surface area (Å²) in [4.78, 5) is 23.0. The van der Waals surface area contributed by atoms with Gasteiger partial charge in [-0.2, -0.15) is 0 Å². The zero-order valence-corrected chi connectivity index (χ0v) is 14.0. The van der Waals surface area contributed by atoms with Crippen LogP contribution in [0.4, 0.5) is 11.4 Å². The first-order chi connectivity index (χ1) is 9.65. The highest BCUT2D eigenvalue weighted by Crippen LogP contribution is 2.14. The molecule has 0 heterocycles. The summed E-state index contributed by atoms with van der Waals surface area (Å²) in [6, 6.07) is 7.00. The van der Waals surface area contributed by atoms with Gasteiger partial charge in [-0.05, 0) is 50.2 Å². The molecule has 0 aliphatic carbocycles. The van der Waals surface area contributed by atoms with Crippen LogP contribution in [0.25, 0.3) is 0 Å². The molecule has 126 valence electrons. The van der Waals surface area contributed by atoms with Gasteiger partial charge < -0.3 is 22.1 Å². The molecule has 8 heteroatoms. The standard InChI is InChI=1S/C14H22N4O2.2ClH/c15-9-1-3-13(19)17-11-5-7-12(8-6-11)18-14(20)4-2-10-16;;/h5-8H,1-4,9-10,15-16H2,(H,17,19)(H,18,20);2*1H. The summed E-state index contributed by atoms with van der Waals surface area (Å²) < 4.78 is 0. The minimum Gasteiger partial charge on any atom is -0.330 e. The molecule has 0 aliphatic heterocycles.